The molecule has 0 radical (unpaired) electrons. The van der Waals surface area contributed by atoms with Gasteiger partial charge in [-0.25, -0.2) is 0 Å². The normalized spacial score (nSPS) is 27.1. The Morgan fingerprint density at radius 3 is 3.05 bits per heavy atom. The average molecular weight is 303 g/mol. The lowest BCUT2D eigenvalue weighted by Crippen LogP contribution is -2.48. The van der Waals surface area contributed by atoms with E-state index in [1.165, 1.54) is 24.9 Å². The van der Waals surface area contributed by atoms with E-state index in [1.54, 1.807) is 13.1 Å². The Bertz CT molecular complexity index is 534. The SMILES string of the molecule is CC(=O)NCC[C@@H]1C[C@@H]1c1cncc(OC[C@@H]2CCN2C)c1. The van der Waals surface area contributed by atoms with Gasteiger partial charge in [0.25, 0.3) is 0 Å². The van der Waals surface area contributed by atoms with Gasteiger partial charge in [-0.3, -0.25) is 14.7 Å². The first-order valence-corrected chi connectivity index (χ1v) is 8.16. The molecule has 5 nitrogen and oxygen atoms in total. The summed E-state index contributed by atoms with van der Waals surface area (Å²) >= 11 is 0. The first-order valence-electron chi connectivity index (χ1n) is 8.16. The van der Waals surface area contributed by atoms with E-state index in [-0.39, 0.29) is 5.91 Å². The molecular formula is C17H25N3O2. The van der Waals surface area contributed by atoms with Crippen molar-refractivity contribution in [1.29, 1.82) is 0 Å². The van der Waals surface area contributed by atoms with E-state index in [4.69, 9.17) is 4.74 Å². The maximum absolute atomic E-state index is 10.9. The molecule has 1 N–H and O–H groups in total. The summed E-state index contributed by atoms with van der Waals surface area (Å²) in [7, 11) is 2.13. The van der Waals surface area contributed by atoms with Gasteiger partial charge in [0.15, 0.2) is 0 Å². The molecule has 120 valence electrons. The molecule has 1 aliphatic heterocycles. The summed E-state index contributed by atoms with van der Waals surface area (Å²) in [4.78, 5) is 17.5. The van der Waals surface area contributed by atoms with E-state index in [9.17, 15) is 4.79 Å². The summed E-state index contributed by atoms with van der Waals surface area (Å²) in [5.41, 5.74) is 1.27. The summed E-state index contributed by atoms with van der Waals surface area (Å²) in [6.07, 6.45) is 7.21. The van der Waals surface area contributed by atoms with Crippen molar-refractivity contribution in [1.82, 2.24) is 15.2 Å². The topological polar surface area (TPSA) is 54.5 Å². The Hall–Kier alpha value is -1.62. The van der Waals surface area contributed by atoms with Crippen LogP contribution >= 0.6 is 0 Å². The number of rotatable bonds is 7. The molecule has 2 fully saturated rings. The standard InChI is InChI=1S/C17H25N3O2/c1-12(21)19-5-3-13-8-17(13)14-7-16(10-18-9-14)22-11-15-4-6-20(15)2/h7,9-10,13,15,17H,3-6,8,11H2,1-2H3,(H,19,21)/t13-,15+,17+/m1/s1. The zero-order chi connectivity index (χ0) is 15.5. The molecule has 3 rings (SSSR count). The van der Waals surface area contributed by atoms with Crippen molar-refractivity contribution in [3.63, 3.8) is 0 Å². The second-order valence-corrected chi connectivity index (χ2v) is 6.56. The van der Waals surface area contributed by atoms with Gasteiger partial charge in [0, 0.05) is 25.7 Å². The van der Waals surface area contributed by atoms with E-state index in [0.29, 0.717) is 17.9 Å². The van der Waals surface area contributed by atoms with Crippen LogP contribution in [-0.2, 0) is 4.79 Å². The molecule has 22 heavy (non-hydrogen) atoms. The van der Waals surface area contributed by atoms with Crippen LogP contribution < -0.4 is 10.1 Å². The number of carbonyl (C=O) groups excluding carboxylic acids is 1. The van der Waals surface area contributed by atoms with Crippen LogP contribution in [0.15, 0.2) is 18.5 Å². The van der Waals surface area contributed by atoms with Gasteiger partial charge in [-0.05, 0) is 56.3 Å². The highest BCUT2D eigenvalue weighted by Gasteiger charge is 2.38. The highest BCUT2D eigenvalue weighted by atomic mass is 16.5. The van der Waals surface area contributed by atoms with Gasteiger partial charge >= 0.3 is 0 Å². The van der Waals surface area contributed by atoms with Crippen molar-refractivity contribution in [3.05, 3.63) is 24.0 Å². The van der Waals surface area contributed by atoms with Crippen molar-refractivity contribution in [2.75, 3.05) is 26.7 Å². The number of nitrogens with one attached hydrogen (secondary N) is 1. The van der Waals surface area contributed by atoms with Crippen LogP contribution in [0.25, 0.3) is 0 Å². The maximum atomic E-state index is 10.9. The zero-order valence-electron chi connectivity index (χ0n) is 13.4. The average Bonchev–Trinajstić information content (AvgIpc) is 3.25. The van der Waals surface area contributed by atoms with Gasteiger partial charge < -0.3 is 10.1 Å². The molecular weight excluding hydrogens is 278 g/mol. The van der Waals surface area contributed by atoms with E-state index in [1.807, 2.05) is 6.20 Å². The minimum atomic E-state index is 0.0511. The number of pyridine rings is 1. The minimum absolute atomic E-state index is 0.0511. The molecule has 1 aromatic rings. The fourth-order valence-electron chi connectivity index (χ4n) is 3.10. The number of aromatic nitrogens is 1. The molecule has 0 bridgehead atoms. The van der Waals surface area contributed by atoms with Crippen LogP contribution in [-0.4, -0.2) is 48.6 Å². The Kier molecular flexibility index (Phi) is 4.62. The third-order valence-electron chi connectivity index (χ3n) is 4.85. The van der Waals surface area contributed by atoms with Crippen molar-refractivity contribution < 1.29 is 9.53 Å². The zero-order valence-corrected chi connectivity index (χ0v) is 13.4. The van der Waals surface area contributed by atoms with Crippen LogP contribution in [0.5, 0.6) is 5.75 Å². The second kappa shape index (κ2) is 6.65. The number of ether oxygens (including phenoxy) is 1. The van der Waals surface area contributed by atoms with Gasteiger partial charge in [0.05, 0.1) is 6.20 Å². The van der Waals surface area contributed by atoms with Gasteiger partial charge in [0.2, 0.25) is 5.91 Å². The number of nitrogens with zero attached hydrogens (tertiary/aromatic N) is 2. The number of amides is 1. The van der Waals surface area contributed by atoms with Crippen LogP contribution in [0.4, 0.5) is 0 Å². The second-order valence-electron chi connectivity index (χ2n) is 6.56. The summed E-state index contributed by atoms with van der Waals surface area (Å²) in [6, 6.07) is 2.68. The van der Waals surface area contributed by atoms with Crippen LogP contribution in [0.1, 0.15) is 37.7 Å². The molecule has 0 spiro atoms. The summed E-state index contributed by atoms with van der Waals surface area (Å²) < 4.78 is 5.89. The molecule has 1 amide bonds. The third kappa shape index (κ3) is 3.77. The predicted octanol–water partition coefficient (Wildman–Crippen LogP) is 1.79. The molecule has 1 saturated heterocycles. The highest BCUT2D eigenvalue weighted by Crippen LogP contribution is 2.49. The molecule has 0 aromatic carbocycles. The molecule has 1 aliphatic carbocycles. The predicted molar refractivity (Wildman–Crippen MR) is 84.9 cm³/mol. The molecule has 1 saturated carbocycles. The number of hydrogen-bond acceptors (Lipinski definition) is 4. The highest BCUT2D eigenvalue weighted by molar-refractivity contribution is 5.72. The molecule has 2 aliphatic rings. The first kappa shape index (κ1) is 15.3. The van der Waals surface area contributed by atoms with Gasteiger partial charge in [-0.1, -0.05) is 0 Å². The Morgan fingerprint density at radius 2 is 2.36 bits per heavy atom. The van der Waals surface area contributed by atoms with E-state index >= 15 is 0 Å². The maximum Gasteiger partial charge on any atom is 0.216 e. The Morgan fingerprint density at radius 1 is 1.50 bits per heavy atom. The van der Waals surface area contributed by atoms with Crippen LogP contribution in [0.2, 0.25) is 0 Å². The molecule has 5 heteroatoms. The summed E-state index contributed by atoms with van der Waals surface area (Å²) in [5, 5.41) is 2.87. The smallest absolute Gasteiger partial charge is 0.216 e. The van der Waals surface area contributed by atoms with E-state index in [2.05, 4.69) is 28.3 Å². The number of carbonyl (C=O) groups is 1. The number of hydrogen-bond donors (Lipinski definition) is 1. The van der Waals surface area contributed by atoms with Crippen LogP contribution in [0.3, 0.4) is 0 Å². The quantitative estimate of drug-likeness (QED) is 0.834. The van der Waals surface area contributed by atoms with E-state index in [0.717, 1.165) is 25.3 Å². The monoisotopic (exact) mass is 303 g/mol. The largest absolute Gasteiger partial charge is 0.490 e. The Balaban J connectivity index is 1.46. The molecule has 3 atom stereocenters. The number of likely N-dealkylation sites (tertiary alicyclic amines) is 1. The lowest BCUT2D eigenvalue weighted by molar-refractivity contribution is -0.118. The minimum Gasteiger partial charge on any atom is -0.490 e. The third-order valence-corrected chi connectivity index (χ3v) is 4.85. The van der Waals surface area contributed by atoms with Crippen molar-refractivity contribution in [3.8, 4) is 5.75 Å². The van der Waals surface area contributed by atoms with Crippen molar-refractivity contribution >= 4 is 5.91 Å². The molecule has 0 unspecified atom stereocenters. The lowest BCUT2D eigenvalue weighted by Gasteiger charge is -2.37. The summed E-state index contributed by atoms with van der Waals surface area (Å²) in [5.74, 6) is 2.18. The summed E-state index contributed by atoms with van der Waals surface area (Å²) in [6.45, 7) is 4.26. The first-order chi connectivity index (χ1) is 10.6. The fourth-order valence-corrected chi connectivity index (χ4v) is 3.10. The molecule has 2 heterocycles. The lowest BCUT2D eigenvalue weighted by atomic mass is 10.1. The van der Waals surface area contributed by atoms with Gasteiger partial charge in [-0.15, -0.1) is 0 Å². The van der Waals surface area contributed by atoms with Crippen molar-refractivity contribution in [2.24, 2.45) is 5.92 Å². The van der Waals surface area contributed by atoms with Gasteiger partial charge in [-0.2, -0.15) is 0 Å². The van der Waals surface area contributed by atoms with Gasteiger partial charge in [0.1, 0.15) is 12.4 Å². The number of likely N-dealkylation sites (N-methyl/N-ethyl adjacent to an activating group) is 1. The Labute approximate surface area is 132 Å². The van der Waals surface area contributed by atoms with Crippen LogP contribution in [0, 0.1) is 5.92 Å². The van der Waals surface area contributed by atoms with Crippen molar-refractivity contribution in [2.45, 2.75) is 38.1 Å². The fraction of sp³-hybridized carbons (Fsp3) is 0.647. The van der Waals surface area contributed by atoms with E-state index < -0.39 is 0 Å². The molecule has 1 aromatic heterocycles.